The third-order valence-corrected chi connectivity index (χ3v) is 4.20. The molecule has 1 unspecified atom stereocenters. The van der Waals surface area contributed by atoms with Gasteiger partial charge in [-0.05, 0) is 38.1 Å². The van der Waals surface area contributed by atoms with Gasteiger partial charge < -0.3 is 10.1 Å². The summed E-state index contributed by atoms with van der Waals surface area (Å²) in [6, 6.07) is 0.524. The number of ether oxygens (including phenoxy) is 1. The summed E-state index contributed by atoms with van der Waals surface area (Å²) in [5.74, 6) is 1.55. The zero-order chi connectivity index (χ0) is 13.2. The molecule has 1 aliphatic carbocycles. The Morgan fingerprint density at radius 1 is 1.06 bits per heavy atom. The van der Waals surface area contributed by atoms with Crippen LogP contribution in [0.1, 0.15) is 65.7 Å². The lowest BCUT2D eigenvalue weighted by Gasteiger charge is -2.26. The Balaban J connectivity index is 2.25. The summed E-state index contributed by atoms with van der Waals surface area (Å²) < 4.78 is 5.58. The molecular formula is C16H33NO. The first-order chi connectivity index (χ1) is 8.74. The maximum atomic E-state index is 5.58. The molecule has 108 valence electrons. The Morgan fingerprint density at radius 2 is 1.67 bits per heavy atom. The Bertz CT molecular complexity index is 186. The van der Waals surface area contributed by atoms with Crippen molar-refractivity contribution in [3.05, 3.63) is 0 Å². The van der Waals surface area contributed by atoms with Gasteiger partial charge in [0, 0.05) is 12.6 Å². The van der Waals surface area contributed by atoms with Gasteiger partial charge in [0.15, 0.2) is 0 Å². The smallest absolute Gasteiger partial charge is 0.0621 e. The Morgan fingerprint density at radius 3 is 2.22 bits per heavy atom. The van der Waals surface area contributed by atoms with Crippen LogP contribution in [0.4, 0.5) is 0 Å². The second-order valence-electron chi connectivity index (χ2n) is 6.13. The highest BCUT2D eigenvalue weighted by Gasteiger charge is 2.16. The Kier molecular flexibility index (Phi) is 8.70. The highest BCUT2D eigenvalue weighted by Crippen LogP contribution is 2.21. The van der Waals surface area contributed by atoms with E-state index in [1.165, 1.54) is 51.5 Å². The lowest BCUT2D eigenvalue weighted by Crippen LogP contribution is -2.40. The molecule has 2 nitrogen and oxygen atoms in total. The minimum absolute atomic E-state index is 0.524. The van der Waals surface area contributed by atoms with E-state index in [1.54, 1.807) is 0 Å². The van der Waals surface area contributed by atoms with Gasteiger partial charge in [0.05, 0.1) is 6.61 Å². The summed E-state index contributed by atoms with van der Waals surface area (Å²) in [5, 5.41) is 3.75. The van der Waals surface area contributed by atoms with Crippen LogP contribution in [0.5, 0.6) is 0 Å². The van der Waals surface area contributed by atoms with Crippen LogP contribution in [0.3, 0.4) is 0 Å². The molecule has 0 radical (unpaired) electrons. The van der Waals surface area contributed by atoms with Gasteiger partial charge in [-0.25, -0.2) is 0 Å². The van der Waals surface area contributed by atoms with Crippen LogP contribution in [-0.4, -0.2) is 25.8 Å². The first-order valence-electron chi connectivity index (χ1n) is 8.05. The fourth-order valence-corrected chi connectivity index (χ4v) is 2.79. The largest absolute Gasteiger partial charge is 0.380 e. The van der Waals surface area contributed by atoms with Gasteiger partial charge in [0.2, 0.25) is 0 Å². The molecule has 0 spiro atoms. The second-order valence-corrected chi connectivity index (χ2v) is 6.13. The zero-order valence-electron chi connectivity index (χ0n) is 12.7. The molecule has 0 saturated heterocycles. The summed E-state index contributed by atoms with van der Waals surface area (Å²) in [5.41, 5.74) is 0. The average molecular weight is 255 g/mol. The molecule has 1 saturated carbocycles. The second kappa shape index (κ2) is 9.80. The molecule has 0 amide bonds. The summed E-state index contributed by atoms with van der Waals surface area (Å²) in [7, 11) is 0. The molecule has 0 heterocycles. The van der Waals surface area contributed by atoms with Crippen molar-refractivity contribution in [3.8, 4) is 0 Å². The molecule has 1 fully saturated rings. The standard InChI is InChI=1S/C16H33NO/c1-4-18-13-16(14(2)3)17-12-15-10-8-6-5-7-9-11-15/h14-17H,4-13H2,1-3H3. The molecule has 0 aromatic heterocycles. The lowest BCUT2D eigenvalue weighted by molar-refractivity contribution is 0.106. The van der Waals surface area contributed by atoms with Crippen LogP contribution in [0.15, 0.2) is 0 Å². The molecule has 0 bridgehead atoms. The topological polar surface area (TPSA) is 21.3 Å². The lowest BCUT2D eigenvalue weighted by atomic mass is 9.90. The van der Waals surface area contributed by atoms with Crippen LogP contribution < -0.4 is 5.32 Å². The van der Waals surface area contributed by atoms with E-state index in [-0.39, 0.29) is 0 Å². The molecular weight excluding hydrogens is 222 g/mol. The summed E-state index contributed by atoms with van der Waals surface area (Å²) >= 11 is 0. The molecule has 0 aromatic carbocycles. The number of hydrogen-bond acceptors (Lipinski definition) is 2. The first kappa shape index (κ1) is 16.0. The van der Waals surface area contributed by atoms with Crippen molar-refractivity contribution in [3.63, 3.8) is 0 Å². The van der Waals surface area contributed by atoms with E-state index in [0.717, 1.165) is 19.1 Å². The van der Waals surface area contributed by atoms with Crippen molar-refractivity contribution in [2.24, 2.45) is 11.8 Å². The summed E-state index contributed by atoms with van der Waals surface area (Å²) in [6.45, 7) is 9.53. The number of nitrogens with one attached hydrogen (secondary N) is 1. The van der Waals surface area contributed by atoms with Crippen LogP contribution in [0, 0.1) is 11.8 Å². The third kappa shape index (κ3) is 6.75. The van der Waals surface area contributed by atoms with Crippen LogP contribution in [-0.2, 0) is 4.74 Å². The normalized spacial score (nSPS) is 20.7. The Labute approximate surface area is 114 Å². The zero-order valence-corrected chi connectivity index (χ0v) is 12.7. The monoisotopic (exact) mass is 255 g/mol. The van der Waals surface area contributed by atoms with E-state index in [2.05, 4.69) is 26.1 Å². The SMILES string of the molecule is CCOCC(NCC1CCCCCCC1)C(C)C. The van der Waals surface area contributed by atoms with E-state index in [4.69, 9.17) is 4.74 Å². The fourth-order valence-electron chi connectivity index (χ4n) is 2.79. The quantitative estimate of drug-likeness (QED) is 0.742. The van der Waals surface area contributed by atoms with Crippen molar-refractivity contribution in [2.75, 3.05) is 19.8 Å². The molecule has 2 heteroatoms. The molecule has 18 heavy (non-hydrogen) atoms. The van der Waals surface area contributed by atoms with E-state index in [9.17, 15) is 0 Å². The van der Waals surface area contributed by atoms with Crippen molar-refractivity contribution >= 4 is 0 Å². The minimum atomic E-state index is 0.524. The highest BCUT2D eigenvalue weighted by atomic mass is 16.5. The summed E-state index contributed by atoms with van der Waals surface area (Å²) in [4.78, 5) is 0. The van der Waals surface area contributed by atoms with Gasteiger partial charge in [-0.3, -0.25) is 0 Å². The molecule has 1 atom stereocenters. The minimum Gasteiger partial charge on any atom is -0.380 e. The Hall–Kier alpha value is -0.0800. The van der Waals surface area contributed by atoms with E-state index in [1.807, 2.05) is 0 Å². The van der Waals surface area contributed by atoms with Crippen LogP contribution >= 0.6 is 0 Å². The predicted octanol–water partition coefficient (Wildman–Crippen LogP) is 4.00. The van der Waals surface area contributed by atoms with Gasteiger partial charge >= 0.3 is 0 Å². The van der Waals surface area contributed by atoms with Gasteiger partial charge in [0.25, 0.3) is 0 Å². The third-order valence-electron chi connectivity index (χ3n) is 4.20. The number of rotatable bonds is 7. The van der Waals surface area contributed by atoms with E-state index in [0.29, 0.717) is 12.0 Å². The van der Waals surface area contributed by atoms with E-state index < -0.39 is 0 Å². The predicted molar refractivity (Wildman–Crippen MR) is 78.9 cm³/mol. The molecule has 1 rings (SSSR count). The summed E-state index contributed by atoms with van der Waals surface area (Å²) in [6.07, 6.45) is 10.1. The first-order valence-corrected chi connectivity index (χ1v) is 8.05. The molecule has 0 aromatic rings. The molecule has 1 aliphatic rings. The van der Waals surface area contributed by atoms with Gasteiger partial charge in [-0.2, -0.15) is 0 Å². The maximum absolute atomic E-state index is 5.58. The van der Waals surface area contributed by atoms with Crippen LogP contribution in [0.2, 0.25) is 0 Å². The number of hydrogen-bond donors (Lipinski definition) is 1. The highest BCUT2D eigenvalue weighted by molar-refractivity contribution is 4.73. The average Bonchev–Trinajstić information content (AvgIpc) is 2.30. The van der Waals surface area contributed by atoms with Crippen molar-refractivity contribution in [1.29, 1.82) is 0 Å². The molecule has 1 N–H and O–H groups in total. The fraction of sp³-hybridized carbons (Fsp3) is 1.00. The van der Waals surface area contributed by atoms with Crippen molar-refractivity contribution < 1.29 is 4.74 Å². The molecule has 0 aliphatic heterocycles. The maximum Gasteiger partial charge on any atom is 0.0621 e. The van der Waals surface area contributed by atoms with Gasteiger partial charge in [-0.15, -0.1) is 0 Å². The van der Waals surface area contributed by atoms with Crippen molar-refractivity contribution in [2.45, 2.75) is 71.8 Å². The van der Waals surface area contributed by atoms with Crippen LogP contribution in [0.25, 0.3) is 0 Å². The van der Waals surface area contributed by atoms with Gasteiger partial charge in [0.1, 0.15) is 0 Å². The van der Waals surface area contributed by atoms with Crippen molar-refractivity contribution in [1.82, 2.24) is 5.32 Å². The van der Waals surface area contributed by atoms with E-state index >= 15 is 0 Å². The van der Waals surface area contributed by atoms with Gasteiger partial charge in [-0.1, -0.05) is 46.0 Å².